The van der Waals surface area contributed by atoms with Gasteiger partial charge in [0.25, 0.3) is 0 Å². The van der Waals surface area contributed by atoms with Gasteiger partial charge in [-0.1, -0.05) is 55.5 Å². The van der Waals surface area contributed by atoms with Gasteiger partial charge < -0.3 is 20.2 Å². The molecule has 356 valence electrons. The molecule has 0 saturated heterocycles. The molecule has 0 aromatic carbocycles. The largest absolute Gasteiger partial charge is 0.368 e. The zero-order valence-corrected chi connectivity index (χ0v) is 39.7. The Bertz CT molecular complexity index is 3540. The van der Waals surface area contributed by atoms with E-state index in [9.17, 15) is 25.6 Å². The predicted octanol–water partition coefficient (Wildman–Crippen LogP) is 9.33. The molecule has 21 heteroatoms. The predicted molar refractivity (Wildman–Crippen MR) is 264 cm³/mol. The minimum Gasteiger partial charge on any atom is -0.368 e. The number of nitrogens with zero attached hydrogens (tertiary/aromatic N) is 10. The Morgan fingerprint density at radius 2 is 1.10 bits per heavy atom. The van der Waals surface area contributed by atoms with Gasteiger partial charge in [0.05, 0.1) is 23.0 Å². The molecule has 0 atom stereocenters. The van der Waals surface area contributed by atoms with E-state index in [0.717, 1.165) is 95.2 Å². The van der Waals surface area contributed by atoms with Crippen LogP contribution < -0.4 is 11.1 Å². The summed E-state index contributed by atoms with van der Waals surface area (Å²) in [6.45, 7) is 0. The van der Waals surface area contributed by atoms with Crippen LogP contribution in [0.15, 0.2) is 85.7 Å². The van der Waals surface area contributed by atoms with Crippen molar-refractivity contribution >= 4 is 104 Å². The SMILES string of the molecule is Nc1ncc2c3ccnc(F)c3n(C3CCCC3)c2n1.O=S1(=O)CC=C(c2ccc(Cl)nc2)CC1.O=S1(=O)CC=C(c2ccc(Nc3ncc4c5ccnc(F)c5n(C5CCCC5)c4n3)nc2)CC1. The van der Waals surface area contributed by atoms with Crippen LogP contribution in [0.2, 0.25) is 5.15 Å². The lowest BCUT2D eigenvalue weighted by Gasteiger charge is -2.15. The van der Waals surface area contributed by atoms with E-state index in [-0.39, 0.29) is 41.0 Å². The van der Waals surface area contributed by atoms with Gasteiger partial charge in [-0.2, -0.15) is 18.7 Å². The molecule has 2 aliphatic heterocycles. The van der Waals surface area contributed by atoms with Crippen molar-refractivity contribution in [3.8, 4) is 0 Å². The number of nitrogen functional groups attached to an aromatic ring is 1. The lowest BCUT2D eigenvalue weighted by molar-refractivity contribution is 0.526. The number of hydrogen-bond acceptors (Lipinski definition) is 14. The molecule has 4 aliphatic rings. The Labute approximate surface area is 401 Å². The lowest BCUT2D eigenvalue weighted by atomic mass is 10.1. The van der Waals surface area contributed by atoms with Crippen LogP contribution in [0, 0.1) is 11.9 Å². The fourth-order valence-electron chi connectivity index (χ4n) is 9.78. The molecule has 0 unspecified atom stereocenters. The number of nitrogens with two attached hydrogens (primary N) is 1. The maximum Gasteiger partial charge on any atom is 0.237 e. The summed E-state index contributed by atoms with van der Waals surface area (Å²) in [6, 6.07) is 11.4. The van der Waals surface area contributed by atoms with Gasteiger partial charge in [-0.05, 0) is 91.1 Å². The average molecular weight is 994 g/mol. The van der Waals surface area contributed by atoms with E-state index in [1.807, 2.05) is 39.5 Å². The normalized spacial score (nSPS) is 18.1. The number of aromatic nitrogens is 10. The van der Waals surface area contributed by atoms with E-state index in [4.69, 9.17) is 22.3 Å². The van der Waals surface area contributed by atoms with Crippen molar-refractivity contribution in [2.24, 2.45) is 0 Å². The molecule has 69 heavy (non-hydrogen) atoms. The Morgan fingerprint density at radius 3 is 1.58 bits per heavy atom. The minimum absolute atomic E-state index is 0.0707. The second kappa shape index (κ2) is 19.1. The van der Waals surface area contributed by atoms with Crippen LogP contribution >= 0.6 is 11.6 Å². The van der Waals surface area contributed by atoms with Gasteiger partial charge in [-0.25, -0.2) is 46.7 Å². The number of anilines is 3. The van der Waals surface area contributed by atoms with Crippen LogP contribution in [0.1, 0.15) is 87.4 Å². The summed E-state index contributed by atoms with van der Waals surface area (Å²) < 4.78 is 78.7. The summed E-state index contributed by atoms with van der Waals surface area (Å²) >= 11 is 5.67. The van der Waals surface area contributed by atoms with E-state index in [1.54, 1.807) is 43.0 Å². The number of sulfone groups is 2. The van der Waals surface area contributed by atoms with Gasteiger partial charge in [0.1, 0.15) is 33.3 Å². The molecule has 16 nitrogen and oxygen atoms in total. The third-order valence-electron chi connectivity index (χ3n) is 13.2. The molecule has 0 bridgehead atoms. The van der Waals surface area contributed by atoms with Crippen molar-refractivity contribution in [2.45, 2.75) is 76.3 Å². The number of allylic oxidation sites excluding steroid dienone is 2. The first-order valence-corrected chi connectivity index (χ1v) is 26.8. The zero-order chi connectivity index (χ0) is 47.9. The molecule has 12 rings (SSSR count). The first kappa shape index (κ1) is 46.2. The molecule has 2 saturated carbocycles. The first-order valence-electron chi connectivity index (χ1n) is 22.8. The Kier molecular flexibility index (Phi) is 12.8. The highest BCUT2D eigenvalue weighted by Gasteiger charge is 2.27. The van der Waals surface area contributed by atoms with Gasteiger partial charge in [0.15, 0.2) is 19.7 Å². The molecule has 8 aromatic heterocycles. The number of rotatable bonds is 6. The van der Waals surface area contributed by atoms with Crippen molar-refractivity contribution in [3.05, 3.63) is 114 Å². The van der Waals surface area contributed by atoms with Crippen LogP contribution in [-0.2, 0) is 19.7 Å². The van der Waals surface area contributed by atoms with Crippen molar-refractivity contribution in [1.29, 1.82) is 0 Å². The summed E-state index contributed by atoms with van der Waals surface area (Å²) in [5, 5.41) is 6.80. The molecular weight excluding hydrogens is 946 g/mol. The zero-order valence-electron chi connectivity index (χ0n) is 37.3. The standard InChI is InChI=1S/C24H23FN6O2S.C14H14FN5.C10H10ClNO2S/c25-22-21-18(7-10-26-22)19-14-28-24(30-23(19)31(21)17-3-1-2-4-17)29-20-6-5-16(13-27-20)15-8-11-34(32,33)12-9-15;15-12-11-9(5-6-17-12)10-7-18-14(16)19-13(10)20(11)8-3-1-2-4-8;11-10-2-1-9(7-12-10)8-3-5-15(13,14)6-4-8/h5-8,10,13-14,17H,1-4,9,11-12H2,(H,27,28,29,30);5-8H,1-4H2,(H2,16,18,19);1-3,7H,4-6H2. The summed E-state index contributed by atoms with van der Waals surface area (Å²) in [5.41, 5.74) is 12.0. The molecule has 0 amide bonds. The highest BCUT2D eigenvalue weighted by Crippen LogP contribution is 2.40. The molecule has 0 radical (unpaired) electrons. The summed E-state index contributed by atoms with van der Waals surface area (Å²) in [5.74, 6) is 0.818. The number of pyridine rings is 4. The Hall–Kier alpha value is -6.51. The van der Waals surface area contributed by atoms with E-state index < -0.39 is 31.6 Å². The Balaban J connectivity index is 0.000000133. The minimum atomic E-state index is -2.97. The van der Waals surface area contributed by atoms with Crippen molar-refractivity contribution < 1.29 is 25.6 Å². The number of nitrogens with one attached hydrogen (secondary N) is 1. The molecule has 2 fully saturated rings. The highest BCUT2D eigenvalue weighted by molar-refractivity contribution is 7.91. The van der Waals surface area contributed by atoms with Gasteiger partial charge in [0.2, 0.25) is 23.8 Å². The third kappa shape index (κ3) is 9.74. The fraction of sp³-hybridized carbons (Fsp3) is 0.333. The third-order valence-corrected chi connectivity index (χ3v) is 16.4. The van der Waals surface area contributed by atoms with Crippen LogP contribution in [-0.4, -0.2) is 88.9 Å². The second-order valence-corrected chi connectivity index (χ2v) is 22.5. The molecule has 0 spiro atoms. The van der Waals surface area contributed by atoms with Crippen molar-refractivity contribution in [3.63, 3.8) is 0 Å². The van der Waals surface area contributed by atoms with Crippen LogP contribution in [0.3, 0.4) is 0 Å². The monoisotopic (exact) mass is 992 g/mol. The Morgan fingerprint density at radius 1 is 0.594 bits per heavy atom. The molecule has 3 N–H and O–H groups in total. The lowest BCUT2D eigenvalue weighted by Crippen LogP contribution is -2.15. The average Bonchev–Trinajstić information content (AvgIpc) is 4.17. The van der Waals surface area contributed by atoms with Gasteiger partial charge in [0, 0.05) is 70.8 Å². The number of halogens is 3. The molecule has 2 aliphatic carbocycles. The van der Waals surface area contributed by atoms with E-state index in [0.29, 0.717) is 52.1 Å². The second-order valence-electron chi connectivity index (χ2n) is 17.6. The maximum absolute atomic E-state index is 14.8. The fourth-order valence-corrected chi connectivity index (χ4v) is 12.2. The first-order chi connectivity index (χ1) is 33.3. The summed E-state index contributed by atoms with van der Waals surface area (Å²) in [7, 11) is -5.82. The van der Waals surface area contributed by atoms with E-state index in [2.05, 4.69) is 40.2 Å². The summed E-state index contributed by atoms with van der Waals surface area (Å²) in [4.78, 5) is 33.7. The quantitative estimate of drug-likeness (QED) is 0.148. The van der Waals surface area contributed by atoms with E-state index in [1.165, 1.54) is 12.4 Å². The van der Waals surface area contributed by atoms with Crippen LogP contribution in [0.4, 0.5) is 26.5 Å². The van der Waals surface area contributed by atoms with E-state index >= 15 is 0 Å². The topological polar surface area (TPSA) is 219 Å². The van der Waals surface area contributed by atoms with Crippen LogP contribution in [0.5, 0.6) is 0 Å². The molecular formula is C48H47ClF2N12O4S2. The smallest absolute Gasteiger partial charge is 0.237 e. The highest BCUT2D eigenvalue weighted by atomic mass is 35.5. The van der Waals surface area contributed by atoms with Gasteiger partial charge >= 0.3 is 0 Å². The van der Waals surface area contributed by atoms with Crippen LogP contribution in [0.25, 0.3) is 55.0 Å². The van der Waals surface area contributed by atoms with Gasteiger partial charge in [-0.3, -0.25) is 0 Å². The maximum atomic E-state index is 14.8. The summed E-state index contributed by atoms with van der Waals surface area (Å²) in [6.07, 6.45) is 22.9. The van der Waals surface area contributed by atoms with Gasteiger partial charge in [-0.15, -0.1) is 0 Å². The number of hydrogen-bond donors (Lipinski definition) is 2. The molecule has 8 aromatic rings. The van der Waals surface area contributed by atoms with Crippen molar-refractivity contribution in [2.75, 3.05) is 34.1 Å². The number of fused-ring (bicyclic) bond motifs is 6. The molecule has 10 heterocycles. The van der Waals surface area contributed by atoms with Crippen molar-refractivity contribution in [1.82, 2.24) is 49.0 Å².